The minimum absolute atomic E-state index is 0.0565. The molecule has 6 nitrogen and oxygen atoms in total. The number of ether oxygens (including phenoxy) is 1. The Morgan fingerprint density at radius 3 is 2.81 bits per heavy atom. The van der Waals surface area contributed by atoms with Crippen molar-refractivity contribution in [3.05, 3.63) is 23.9 Å². The predicted octanol–water partition coefficient (Wildman–Crippen LogP) is 4.31. The van der Waals surface area contributed by atoms with Crippen LogP contribution in [0.3, 0.4) is 0 Å². The minimum Gasteiger partial charge on any atom is -0.443 e. The van der Waals surface area contributed by atoms with Crippen molar-refractivity contribution in [3.63, 3.8) is 0 Å². The highest BCUT2D eigenvalue weighted by Gasteiger charge is 2.33. The van der Waals surface area contributed by atoms with Crippen LogP contribution >= 0.6 is 0 Å². The van der Waals surface area contributed by atoms with Gasteiger partial charge in [-0.15, -0.1) is 0 Å². The number of hydrogen-bond acceptors (Lipinski definition) is 4. The highest BCUT2D eigenvalue weighted by molar-refractivity contribution is 5.88. The number of carbonyl (C=O) groups excluding carboxylic acids is 2. The fourth-order valence-electron chi connectivity index (χ4n) is 3.25. The molecule has 0 unspecified atom stereocenters. The van der Waals surface area contributed by atoms with Crippen molar-refractivity contribution < 1.29 is 14.3 Å². The van der Waals surface area contributed by atoms with Crippen LogP contribution in [0.4, 0.5) is 10.6 Å². The number of hydrogen-bond donors (Lipinski definition) is 0. The Labute approximate surface area is 156 Å². The summed E-state index contributed by atoms with van der Waals surface area (Å²) in [7, 11) is 0. The second-order valence-electron chi connectivity index (χ2n) is 7.88. The lowest BCUT2D eigenvalue weighted by Gasteiger charge is -2.37. The van der Waals surface area contributed by atoms with Crippen molar-refractivity contribution in [1.29, 1.82) is 0 Å². The van der Waals surface area contributed by atoms with Crippen molar-refractivity contribution in [3.8, 4) is 0 Å². The number of piperidine rings is 1. The molecule has 2 amide bonds. The van der Waals surface area contributed by atoms with Crippen molar-refractivity contribution in [2.24, 2.45) is 0 Å². The van der Waals surface area contributed by atoms with Crippen molar-refractivity contribution in [2.75, 3.05) is 11.4 Å². The fourth-order valence-corrected chi connectivity index (χ4v) is 3.25. The van der Waals surface area contributed by atoms with E-state index in [1.807, 2.05) is 51.7 Å². The van der Waals surface area contributed by atoms with Crippen LogP contribution in [0.2, 0.25) is 0 Å². The third kappa shape index (κ3) is 4.74. The summed E-state index contributed by atoms with van der Waals surface area (Å²) in [6.07, 6.45) is 5.90. The summed E-state index contributed by atoms with van der Waals surface area (Å²) in [5, 5.41) is 0. The van der Waals surface area contributed by atoms with Crippen molar-refractivity contribution in [2.45, 2.75) is 78.0 Å². The molecule has 0 saturated carbocycles. The molecule has 0 spiro atoms. The van der Waals surface area contributed by atoms with E-state index in [9.17, 15) is 9.59 Å². The normalized spacial score (nSPS) is 19.0. The monoisotopic (exact) mass is 361 g/mol. The molecule has 1 aliphatic heterocycles. The lowest BCUT2D eigenvalue weighted by Crippen LogP contribution is -2.44. The van der Waals surface area contributed by atoms with Gasteiger partial charge in [-0.2, -0.15) is 0 Å². The van der Waals surface area contributed by atoms with E-state index in [2.05, 4.69) is 4.98 Å². The van der Waals surface area contributed by atoms with Crippen LogP contribution in [0, 0.1) is 0 Å². The van der Waals surface area contributed by atoms with E-state index >= 15 is 0 Å². The van der Waals surface area contributed by atoms with Gasteiger partial charge in [0.25, 0.3) is 0 Å². The lowest BCUT2D eigenvalue weighted by molar-refractivity contribution is -0.121. The Hall–Kier alpha value is -2.11. The number of amides is 2. The summed E-state index contributed by atoms with van der Waals surface area (Å²) in [5.74, 6) is 0.592. The summed E-state index contributed by atoms with van der Waals surface area (Å²) in [6.45, 7) is 10.3. The lowest BCUT2D eigenvalue weighted by atomic mass is 9.95. The standard InChI is InChI=1S/C20H31N3O3/c1-6-15(2)23(19(25)26-20(3,4)5)18-16(10-9-12-21-18)17-11-7-8-13-22(17)14-24/h9-10,12,14-15,17H,6-8,11,13H2,1-5H3/t15-,17-/m0/s1. The first-order valence-electron chi connectivity index (χ1n) is 9.46. The summed E-state index contributed by atoms with van der Waals surface area (Å²) in [4.78, 5) is 32.4. The van der Waals surface area contributed by atoms with Gasteiger partial charge in [0.1, 0.15) is 11.4 Å². The molecule has 0 aliphatic carbocycles. The van der Waals surface area contributed by atoms with Crippen molar-refractivity contribution in [1.82, 2.24) is 9.88 Å². The first kappa shape index (κ1) is 20.2. The van der Waals surface area contributed by atoms with Gasteiger partial charge in [-0.05, 0) is 59.4 Å². The zero-order valence-electron chi connectivity index (χ0n) is 16.6. The first-order valence-corrected chi connectivity index (χ1v) is 9.46. The molecule has 0 N–H and O–H groups in total. The summed E-state index contributed by atoms with van der Waals surface area (Å²) >= 11 is 0. The molecule has 1 saturated heterocycles. The van der Waals surface area contributed by atoms with Gasteiger partial charge in [0, 0.05) is 24.3 Å². The number of pyridine rings is 1. The third-order valence-corrected chi connectivity index (χ3v) is 4.71. The molecule has 0 radical (unpaired) electrons. The van der Waals surface area contributed by atoms with E-state index in [0.29, 0.717) is 5.82 Å². The van der Waals surface area contributed by atoms with Gasteiger partial charge in [-0.3, -0.25) is 9.69 Å². The quantitative estimate of drug-likeness (QED) is 0.733. The number of likely N-dealkylation sites (tertiary alicyclic amines) is 1. The largest absolute Gasteiger partial charge is 0.443 e. The molecule has 6 heteroatoms. The molecule has 2 atom stereocenters. The minimum atomic E-state index is -0.586. The summed E-state index contributed by atoms with van der Waals surface area (Å²) in [6, 6.07) is 3.71. The maximum atomic E-state index is 12.9. The molecule has 1 aromatic heterocycles. The van der Waals surface area contributed by atoms with Crippen LogP contribution in [-0.4, -0.2) is 40.6 Å². The van der Waals surface area contributed by atoms with Gasteiger partial charge in [-0.25, -0.2) is 9.78 Å². The summed E-state index contributed by atoms with van der Waals surface area (Å²) in [5.41, 5.74) is 0.322. The maximum Gasteiger partial charge on any atom is 0.416 e. The van der Waals surface area contributed by atoms with Crippen LogP contribution in [-0.2, 0) is 9.53 Å². The van der Waals surface area contributed by atoms with Gasteiger partial charge in [-0.1, -0.05) is 13.0 Å². The van der Waals surface area contributed by atoms with Crippen LogP contribution in [0.15, 0.2) is 18.3 Å². The zero-order chi connectivity index (χ0) is 19.3. The van der Waals surface area contributed by atoms with E-state index in [1.165, 1.54) is 0 Å². The van der Waals surface area contributed by atoms with Gasteiger partial charge < -0.3 is 9.64 Å². The zero-order valence-corrected chi connectivity index (χ0v) is 16.6. The van der Waals surface area contributed by atoms with E-state index in [4.69, 9.17) is 4.74 Å². The second kappa shape index (κ2) is 8.52. The number of aromatic nitrogens is 1. The van der Waals surface area contributed by atoms with Gasteiger partial charge >= 0.3 is 6.09 Å². The highest BCUT2D eigenvalue weighted by Crippen LogP contribution is 2.36. The molecule has 144 valence electrons. The van der Waals surface area contributed by atoms with E-state index in [0.717, 1.165) is 44.2 Å². The highest BCUT2D eigenvalue weighted by atomic mass is 16.6. The first-order chi connectivity index (χ1) is 12.3. The van der Waals surface area contributed by atoms with Gasteiger partial charge in [0.2, 0.25) is 6.41 Å². The fraction of sp³-hybridized carbons (Fsp3) is 0.650. The Kier molecular flexibility index (Phi) is 6.62. The number of anilines is 1. The topological polar surface area (TPSA) is 62.7 Å². The van der Waals surface area contributed by atoms with Crippen LogP contribution < -0.4 is 4.90 Å². The molecular formula is C20H31N3O3. The van der Waals surface area contributed by atoms with Crippen molar-refractivity contribution >= 4 is 18.3 Å². The second-order valence-corrected chi connectivity index (χ2v) is 7.88. The number of carbonyl (C=O) groups is 2. The molecule has 2 rings (SSSR count). The van der Waals surface area contributed by atoms with E-state index < -0.39 is 11.7 Å². The molecule has 26 heavy (non-hydrogen) atoms. The molecular weight excluding hydrogens is 330 g/mol. The van der Waals surface area contributed by atoms with Gasteiger partial charge in [0.15, 0.2) is 0 Å². The molecule has 1 fully saturated rings. The van der Waals surface area contributed by atoms with Gasteiger partial charge in [0.05, 0.1) is 6.04 Å². The predicted molar refractivity (Wildman–Crippen MR) is 102 cm³/mol. The Morgan fingerprint density at radius 1 is 1.46 bits per heavy atom. The average Bonchev–Trinajstić information content (AvgIpc) is 2.60. The Balaban J connectivity index is 2.45. The van der Waals surface area contributed by atoms with Crippen LogP contribution in [0.25, 0.3) is 0 Å². The molecule has 0 aromatic carbocycles. The van der Waals surface area contributed by atoms with E-state index in [-0.39, 0.29) is 12.1 Å². The number of nitrogens with zero attached hydrogens (tertiary/aromatic N) is 3. The Bertz CT molecular complexity index is 627. The van der Waals surface area contributed by atoms with Crippen LogP contribution in [0.1, 0.15) is 71.9 Å². The smallest absolute Gasteiger partial charge is 0.416 e. The Morgan fingerprint density at radius 2 is 2.19 bits per heavy atom. The SMILES string of the molecule is CC[C@H](C)N(C(=O)OC(C)(C)C)c1ncccc1[C@@H]1CCCCN1C=O. The number of rotatable bonds is 5. The average molecular weight is 361 g/mol. The maximum absolute atomic E-state index is 12.9. The summed E-state index contributed by atoms with van der Waals surface area (Å²) < 4.78 is 5.64. The van der Waals surface area contributed by atoms with E-state index in [1.54, 1.807) is 11.1 Å². The molecule has 2 heterocycles. The molecule has 1 aromatic rings. The molecule has 1 aliphatic rings. The van der Waals surface area contributed by atoms with Crippen LogP contribution in [0.5, 0.6) is 0 Å². The third-order valence-electron chi connectivity index (χ3n) is 4.71. The molecule has 0 bridgehead atoms.